The molecule has 0 atom stereocenters. The van der Waals surface area contributed by atoms with E-state index in [0.29, 0.717) is 0 Å². The summed E-state index contributed by atoms with van der Waals surface area (Å²) in [7, 11) is 0. The van der Waals surface area contributed by atoms with Gasteiger partial charge in [0.15, 0.2) is 0 Å². The van der Waals surface area contributed by atoms with E-state index in [1.165, 1.54) is 0 Å². The third-order valence-corrected chi connectivity index (χ3v) is 1.63. The zero-order valence-corrected chi connectivity index (χ0v) is 6.74. The lowest BCUT2D eigenvalue weighted by molar-refractivity contribution is -0.133. The molecule has 0 aromatic heterocycles. The lowest BCUT2D eigenvalue weighted by atomic mass is 10.4. The van der Waals surface area contributed by atoms with Crippen molar-refractivity contribution in [2.75, 3.05) is 0 Å². The van der Waals surface area contributed by atoms with Gasteiger partial charge in [-0.1, -0.05) is 12.2 Å². The van der Waals surface area contributed by atoms with Crippen LogP contribution < -0.4 is 0 Å². The molecule has 0 saturated carbocycles. The van der Waals surface area contributed by atoms with Crippen LogP contribution in [-0.2, 0) is 9.59 Å². The number of amides is 2. The second-order valence-electron chi connectivity index (χ2n) is 1.91. The van der Waals surface area contributed by atoms with Crippen LogP contribution in [0.3, 0.4) is 0 Å². The van der Waals surface area contributed by atoms with Gasteiger partial charge in [-0.05, 0) is 0 Å². The first-order valence-electron chi connectivity index (χ1n) is 2.71. The van der Waals surface area contributed by atoms with Crippen LogP contribution in [0.5, 0.6) is 0 Å². The van der Waals surface area contributed by atoms with Crippen LogP contribution in [0.15, 0.2) is 0 Å². The van der Waals surface area contributed by atoms with E-state index in [1.54, 1.807) is 0 Å². The monoisotopic (exact) mass is 175 g/mol. The smallest absolute Gasteiger partial charge is 0.235 e. The van der Waals surface area contributed by atoms with Gasteiger partial charge >= 0.3 is 0 Å². The highest BCUT2D eigenvalue weighted by Gasteiger charge is 2.30. The zero-order chi connectivity index (χ0) is 7.72. The van der Waals surface area contributed by atoms with Gasteiger partial charge in [0.2, 0.25) is 11.8 Å². The summed E-state index contributed by atoms with van der Waals surface area (Å²) in [4.78, 5) is 22.5. The number of hydrogen-bond donors (Lipinski definition) is 1. The van der Waals surface area contributed by atoms with Gasteiger partial charge in [0.05, 0.1) is 0 Å². The van der Waals surface area contributed by atoms with Gasteiger partial charge in [-0.2, -0.15) is 0 Å². The van der Waals surface area contributed by atoms with Crippen molar-refractivity contribution in [3.63, 3.8) is 0 Å². The summed E-state index contributed by atoms with van der Waals surface area (Å²) < 4.78 is 0.0486. The quantitative estimate of drug-likeness (QED) is 0.328. The van der Waals surface area contributed by atoms with Crippen molar-refractivity contribution < 1.29 is 9.59 Å². The Balaban J connectivity index is 2.82. The third kappa shape index (κ3) is 1.19. The molecule has 1 heterocycles. The topological polar surface area (TPSA) is 37.4 Å². The summed E-state index contributed by atoms with van der Waals surface area (Å²) in [6.45, 7) is 0. The Labute approximate surface area is 68.8 Å². The fourth-order valence-corrected chi connectivity index (χ4v) is 1.22. The molecule has 1 aliphatic heterocycles. The summed E-state index contributed by atoms with van der Waals surface area (Å²) in [6, 6.07) is 0. The summed E-state index contributed by atoms with van der Waals surface area (Å²) in [5.74, 6) is -0.491. The molecule has 0 bridgehead atoms. The number of thiol groups is 1. The van der Waals surface area contributed by atoms with Crippen molar-refractivity contribution in [2.24, 2.45) is 0 Å². The highest BCUT2D eigenvalue weighted by atomic mass is 32.1. The average Bonchev–Trinajstić information content (AvgIpc) is 2.11. The van der Waals surface area contributed by atoms with E-state index in [-0.39, 0.29) is 29.0 Å². The maximum atomic E-state index is 10.8. The van der Waals surface area contributed by atoms with Gasteiger partial charge in [-0.25, -0.2) is 4.90 Å². The average molecular weight is 175 g/mol. The minimum atomic E-state index is -0.245. The first-order chi connectivity index (χ1) is 4.63. The molecule has 0 spiro atoms. The molecule has 0 aliphatic carbocycles. The number of rotatable bonds is 0. The predicted molar refractivity (Wildman–Crippen MR) is 42.7 cm³/mol. The van der Waals surface area contributed by atoms with E-state index < -0.39 is 0 Å². The predicted octanol–water partition coefficient (Wildman–Crippen LogP) is 0.350. The molecule has 1 aliphatic rings. The SMILES string of the molecule is O=C1CCC(=O)N1C(=S)S. The molecule has 5 heteroatoms. The Bertz CT molecular complexity index is 198. The number of nitrogens with zero attached hydrogens (tertiary/aromatic N) is 1. The second kappa shape index (κ2) is 2.67. The van der Waals surface area contributed by atoms with Gasteiger partial charge in [0.25, 0.3) is 0 Å². The molecular formula is C5H5NO2S2. The van der Waals surface area contributed by atoms with Crippen LogP contribution in [0.25, 0.3) is 0 Å². The first-order valence-corrected chi connectivity index (χ1v) is 3.57. The van der Waals surface area contributed by atoms with E-state index in [0.717, 1.165) is 4.90 Å². The summed E-state index contributed by atoms with van der Waals surface area (Å²) in [5.41, 5.74) is 0. The van der Waals surface area contributed by atoms with Gasteiger partial charge in [0, 0.05) is 12.8 Å². The van der Waals surface area contributed by atoms with Crippen LogP contribution in [0.4, 0.5) is 0 Å². The van der Waals surface area contributed by atoms with E-state index in [2.05, 4.69) is 24.8 Å². The Morgan fingerprint density at radius 2 is 1.80 bits per heavy atom. The Morgan fingerprint density at radius 1 is 1.40 bits per heavy atom. The van der Waals surface area contributed by atoms with Crippen LogP contribution in [-0.4, -0.2) is 21.0 Å². The number of carbonyl (C=O) groups excluding carboxylic acids is 2. The van der Waals surface area contributed by atoms with E-state index in [9.17, 15) is 9.59 Å². The van der Waals surface area contributed by atoms with Crippen molar-refractivity contribution in [1.29, 1.82) is 0 Å². The van der Waals surface area contributed by atoms with Crippen molar-refractivity contribution in [3.8, 4) is 0 Å². The van der Waals surface area contributed by atoms with Crippen molar-refractivity contribution in [3.05, 3.63) is 0 Å². The molecule has 1 fully saturated rings. The van der Waals surface area contributed by atoms with Crippen molar-refractivity contribution in [2.45, 2.75) is 12.8 Å². The number of likely N-dealkylation sites (tertiary alicyclic amines) is 1. The van der Waals surface area contributed by atoms with E-state index in [1.807, 2.05) is 0 Å². The largest absolute Gasteiger partial charge is 0.274 e. The molecule has 0 aromatic rings. The van der Waals surface area contributed by atoms with Crippen LogP contribution >= 0.6 is 24.8 Å². The molecule has 2 amide bonds. The molecular weight excluding hydrogens is 170 g/mol. The van der Waals surface area contributed by atoms with Gasteiger partial charge in [-0.3, -0.25) is 9.59 Å². The lowest BCUT2D eigenvalue weighted by Crippen LogP contribution is -2.30. The van der Waals surface area contributed by atoms with Crippen LogP contribution in [0, 0.1) is 0 Å². The minimum absolute atomic E-state index is 0.0486. The Kier molecular flexibility index (Phi) is 2.05. The van der Waals surface area contributed by atoms with E-state index >= 15 is 0 Å². The molecule has 10 heavy (non-hydrogen) atoms. The maximum Gasteiger partial charge on any atom is 0.235 e. The number of imide groups is 1. The molecule has 1 rings (SSSR count). The number of hydrogen-bond acceptors (Lipinski definition) is 3. The maximum absolute atomic E-state index is 10.8. The fraction of sp³-hybridized carbons (Fsp3) is 0.400. The first kappa shape index (κ1) is 7.68. The molecule has 3 nitrogen and oxygen atoms in total. The molecule has 0 radical (unpaired) electrons. The van der Waals surface area contributed by atoms with Crippen molar-refractivity contribution in [1.82, 2.24) is 4.90 Å². The summed E-state index contributed by atoms with van der Waals surface area (Å²) in [5, 5.41) is 0. The second-order valence-corrected chi connectivity index (χ2v) is 3.02. The zero-order valence-electron chi connectivity index (χ0n) is 5.03. The minimum Gasteiger partial charge on any atom is -0.274 e. The van der Waals surface area contributed by atoms with E-state index in [4.69, 9.17) is 0 Å². The Hall–Kier alpha value is -0.420. The van der Waals surface area contributed by atoms with Gasteiger partial charge in [0.1, 0.15) is 4.32 Å². The fourth-order valence-electron chi connectivity index (χ4n) is 0.790. The molecule has 1 saturated heterocycles. The standard InChI is InChI=1S/C5H5NO2S2/c7-3-1-2-4(8)6(3)5(9)10/h1-2H2,(H,9,10). The highest BCUT2D eigenvalue weighted by Crippen LogP contribution is 2.13. The van der Waals surface area contributed by atoms with Crippen molar-refractivity contribution >= 4 is 41.0 Å². The highest BCUT2D eigenvalue weighted by molar-refractivity contribution is 8.11. The summed E-state index contributed by atoms with van der Waals surface area (Å²) in [6.07, 6.45) is 0.527. The Morgan fingerprint density at radius 3 is 2.00 bits per heavy atom. The van der Waals surface area contributed by atoms with Gasteiger partial charge in [-0.15, -0.1) is 12.6 Å². The molecule has 0 aromatic carbocycles. The molecule has 0 unspecified atom stereocenters. The van der Waals surface area contributed by atoms with Crippen LogP contribution in [0.1, 0.15) is 12.8 Å². The number of thiocarbonyl (C=S) groups is 1. The molecule has 54 valence electrons. The summed E-state index contributed by atoms with van der Waals surface area (Å²) >= 11 is 8.29. The number of carbonyl (C=O) groups is 2. The van der Waals surface area contributed by atoms with Crippen LogP contribution in [0.2, 0.25) is 0 Å². The lowest BCUT2D eigenvalue weighted by Gasteiger charge is -2.08. The third-order valence-electron chi connectivity index (χ3n) is 1.24. The molecule has 0 N–H and O–H groups in total. The van der Waals surface area contributed by atoms with Gasteiger partial charge < -0.3 is 0 Å². The normalized spacial score (nSPS) is 18.3.